The van der Waals surface area contributed by atoms with Crippen LogP contribution in [0.15, 0.2) is 48.7 Å². The fourth-order valence-corrected chi connectivity index (χ4v) is 2.47. The number of amides is 1. The number of pyridine rings is 1. The van der Waals surface area contributed by atoms with E-state index in [0.717, 1.165) is 17.0 Å². The summed E-state index contributed by atoms with van der Waals surface area (Å²) < 4.78 is 1.72. The van der Waals surface area contributed by atoms with Crippen molar-refractivity contribution in [1.29, 1.82) is 0 Å². The number of benzene rings is 1. The maximum Gasteiger partial charge on any atom is 0.296 e. The molecule has 0 aliphatic carbocycles. The number of nitrogens with zero attached hydrogens (tertiary/aromatic N) is 3. The standard InChI is InChI=1S/C19H18N4O2/c1-12-4-6-15(7-5-12)18(24)19(25)21-16-8-9-17(20-11-16)23-14(3)10-13(2)22-23/h4-11H,1-3H3,(H,21,25). The highest BCUT2D eigenvalue weighted by molar-refractivity contribution is 6.46. The molecule has 2 aromatic heterocycles. The minimum Gasteiger partial charge on any atom is -0.318 e. The van der Waals surface area contributed by atoms with E-state index < -0.39 is 11.7 Å². The lowest BCUT2D eigenvalue weighted by molar-refractivity contribution is -0.112. The highest BCUT2D eigenvalue weighted by Crippen LogP contribution is 2.13. The van der Waals surface area contributed by atoms with Crippen LogP contribution in [0.1, 0.15) is 27.3 Å². The summed E-state index contributed by atoms with van der Waals surface area (Å²) in [7, 11) is 0. The summed E-state index contributed by atoms with van der Waals surface area (Å²) in [6.07, 6.45) is 1.51. The molecule has 1 amide bonds. The predicted molar refractivity (Wildman–Crippen MR) is 95.0 cm³/mol. The zero-order valence-electron chi connectivity index (χ0n) is 14.3. The molecule has 1 aromatic carbocycles. The van der Waals surface area contributed by atoms with Gasteiger partial charge in [0.15, 0.2) is 5.82 Å². The topological polar surface area (TPSA) is 76.9 Å². The smallest absolute Gasteiger partial charge is 0.296 e. The number of aromatic nitrogens is 3. The van der Waals surface area contributed by atoms with Crippen LogP contribution in [-0.4, -0.2) is 26.5 Å². The summed E-state index contributed by atoms with van der Waals surface area (Å²) in [6.45, 7) is 5.77. The largest absolute Gasteiger partial charge is 0.318 e. The summed E-state index contributed by atoms with van der Waals surface area (Å²) in [5, 5.41) is 6.93. The normalized spacial score (nSPS) is 10.5. The van der Waals surface area contributed by atoms with Gasteiger partial charge in [0.2, 0.25) is 0 Å². The van der Waals surface area contributed by atoms with Gasteiger partial charge in [0.1, 0.15) is 0 Å². The number of aryl methyl sites for hydroxylation is 3. The molecule has 0 aliphatic heterocycles. The maximum atomic E-state index is 12.1. The SMILES string of the molecule is Cc1ccc(C(=O)C(=O)Nc2ccc(-n3nc(C)cc3C)nc2)cc1. The van der Waals surface area contributed by atoms with Crippen molar-refractivity contribution in [3.05, 3.63) is 71.2 Å². The Balaban J connectivity index is 1.72. The van der Waals surface area contributed by atoms with Gasteiger partial charge in [-0.05, 0) is 39.0 Å². The highest BCUT2D eigenvalue weighted by Gasteiger charge is 2.16. The van der Waals surface area contributed by atoms with E-state index in [4.69, 9.17) is 0 Å². The van der Waals surface area contributed by atoms with Crippen LogP contribution in [0, 0.1) is 20.8 Å². The van der Waals surface area contributed by atoms with Gasteiger partial charge in [-0.15, -0.1) is 0 Å². The van der Waals surface area contributed by atoms with E-state index in [-0.39, 0.29) is 0 Å². The fourth-order valence-electron chi connectivity index (χ4n) is 2.47. The molecule has 0 atom stereocenters. The zero-order valence-corrected chi connectivity index (χ0v) is 14.3. The molecule has 0 saturated heterocycles. The van der Waals surface area contributed by atoms with E-state index in [2.05, 4.69) is 15.4 Å². The summed E-state index contributed by atoms with van der Waals surface area (Å²) >= 11 is 0. The Hall–Kier alpha value is -3.28. The predicted octanol–water partition coefficient (Wildman–Crippen LogP) is 3.01. The van der Waals surface area contributed by atoms with Crippen LogP contribution >= 0.6 is 0 Å². The van der Waals surface area contributed by atoms with E-state index in [9.17, 15) is 9.59 Å². The Labute approximate surface area is 145 Å². The van der Waals surface area contributed by atoms with E-state index in [1.807, 2.05) is 26.8 Å². The second-order valence-electron chi connectivity index (χ2n) is 5.89. The molecule has 1 N–H and O–H groups in total. The summed E-state index contributed by atoms with van der Waals surface area (Å²) in [6, 6.07) is 12.3. The molecule has 0 unspecified atom stereocenters. The van der Waals surface area contributed by atoms with Crippen molar-refractivity contribution >= 4 is 17.4 Å². The summed E-state index contributed by atoms with van der Waals surface area (Å²) in [5.74, 6) is -0.624. The molecule has 2 heterocycles. The van der Waals surface area contributed by atoms with E-state index in [1.54, 1.807) is 41.1 Å². The maximum absolute atomic E-state index is 12.1. The van der Waals surface area contributed by atoms with Crippen LogP contribution < -0.4 is 5.32 Å². The Morgan fingerprint density at radius 3 is 2.28 bits per heavy atom. The number of ketones is 1. The zero-order chi connectivity index (χ0) is 18.0. The molecule has 0 spiro atoms. The molecule has 0 saturated carbocycles. The van der Waals surface area contributed by atoms with Gasteiger partial charge < -0.3 is 5.32 Å². The first-order chi connectivity index (χ1) is 11.9. The van der Waals surface area contributed by atoms with Crippen molar-refractivity contribution in [3.63, 3.8) is 0 Å². The Morgan fingerprint density at radius 2 is 1.72 bits per heavy atom. The van der Waals surface area contributed by atoms with Gasteiger partial charge in [0.25, 0.3) is 11.7 Å². The molecule has 3 rings (SSSR count). The van der Waals surface area contributed by atoms with Crippen LogP contribution in [0.3, 0.4) is 0 Å². The highest BCUT2D eigenvalue weighted by atomic mass is 16.2. The van der Waals surface area contributed by atoms with E-state index in [0.29, 0.717) is 17.1 Å². The van der Waals surface area contributed by atoms with Crippen molar-refractivity contribution in [1.82, 2.24) is 14.8 Å². The molecular formula is C19H18N4O2. The summed E-state index contributed by atoms with van der Waals surface area (Å²) in [5.41, 5.74) is 3.71. The number of Topliss-reactive ketones (excluding diaryl/α,β-unsaturated/α-hetero) is 1. The second-order valence-corrected chi connectivity index (χ2v) is 5.89. The van der Waals surface area contributed by atoms with Gasteiger partial charge in [-0.1, -0.05) is 29.8 Å². The van der Waals surface area contributed by atoms with Crippen molar-refractivity contribution in [2.45, 2.75) is 20.8 Å². The number of hydrogen-bond donors (Lipinski definition) is 1. The minimum absolute atomic E-state index is 0.357. The third-order valence-electron chi connectivity index (χ3n) is 3.75. The summed E-state index contributed by atoms with van der Waals surface area (Å²) in [4.78, 5) is 28.5. The van der Waals surface area contributed by atoms with Crippen molar-refractivity contribution in [2.24, 2.45) is 0 Å². The average molecular weight is 334 g/mol. The van der Waals surface area contributed by atoms with Gasteiger partial charge in [0, 0.05) is 11.3 Å². The third kappa shape index (κ3) is 3.63. The third-order valence-corrected chi connectivity index (χ3v) is 3.75. The monoisotopic (exact) mass is 334 g/mol. The number of nitrogens with one attached hydrogen (secondary N) is 1. The van der Waals surface area contributed by atoms with Gasteiger partial charge in [0.05, 0.1) is 17.6 Å². The van der Waals surface area contributed by atoms with E-state index >= 15 is 0 Å². The van der Waals surface area contributed by atoms with Crippen LogP contribution in [-0.2, 0) is 4.79 Å². The molecule has 6 heteroatoms. The van der Waals surface area contributed by atoms with E-state index in [1.165, 1.54) is 6.20 Å². The first-order valence-electron chi connectivity index (χ1n) is 7.86. The van der Waals surface area contributed by atoms with Crippen LogP contribution in [0.25, 0.3) is 5.82 Å². The minimum atomic E-state index is -0.690. The lowest BCUT2D eigenvalue weighted by Gasteiger charge is -2.07. The van der Waals surface area contributed by atoms with Crippen molar-refractivity contribution in [3.8, 4) is 5.82 Å². The van der Waals surface area contributed by atoms with Crippen molar-refractivity contribution in [2.75, 3.05) is 5.32 Å². The molecule has 6 nitrogen and oxygen atoms in total. The molecular weight excluding hydrogens is 316 g/mol. The average Bonchev–Trinajstić information content (AvgIpc) is 2.94. The first-order valence-corrected chi connectivity index (χ1v) is 7.86. The van der Waals surface area contributed by atoms with Gasteiger partial charge in [-0.3, -0.25) is 9.59 Å². The molecule has 0 aliphatic rings. The lowest BCUT2D eigenvalue weighted by Crippen LogP contribution is -2.23. The lowest BCUT2D eigenvalue weighted by atomic mass is 10.1. The van der Waals surface area contributed by atoms with Gasteiger partial charge in [-0.25, -0.2) is 9.67 Å². The van der Waals surface area contributed by atoms with Gasteiger partial charge >= 0.3 is 0 Å². The molecule has 25 heavy (non-hydrogen) atoms. The van der Waals surface area contributed by atoms with Gasteiger partial charge in [-0.2, -0.15) is 5.10 Å². The van der Waals surface area contributed by atoms with Crippen molar-refractivity contribution < 1.29 is 9.59 Å². The molecule has 0 radical (unpaired) electrons. The number of carbonyl (C=O) groups is 2. The second kappa shape index (κ2) is 6.68. The number of hydrogen-bond acceptors (Lipinski definition) is 4. The molecule has 3 aromatic rings. The van der Waals surface area contributed by atoms with Crippen LogP contribution in [0.5, 0.6) is 0 Å². The fraction of sp³-hybridized carbons (Fsp3) is 0.158. The number of rotatable bonds is 4. The first kappa shape index (κ1) is 16.6. The van der Waals surface area contributed by atoms with Crippen LogP contribution in [0.2, 0.25) is 0 Å². The Kier molecular flexibility index (Phi) is 4.43. The quantitative estimate of drug-likeness (QED) is 0.588. The number of anilines is 1. The Morgan fingerprint density at radius 1 is 1.00 bits per heavy atom. The molecule has 126 valence electrons. The number of carbonyl (C=O) groups excluding carboxylic acids is 2. The van der Waals surface area contributed by atoms with Crippen LogP contribution in [0.4, 0.5) is 5.69 Å². The molecule has 0 bridgehead atoms. The Bertz CT molecular complexity index is 925. The molecule has 0 fully saturated rings.